The largest absolute Gasteiger partial charge is 0.494 e. The number of rotatable bonds is 9. The minimum atomic E-state index is -0.720. The molecule has 2 amide bonds. The molecule has 8 heteroatoms. The first kappa shape index (κ1) is 22.0. The number of hydrogen-bond acceptors (Lipinski definition) is 5. The van der Waals surface area contributed by atoms with Crippen LogP contribution in [0.1, 0.15) is 12.0 Å². The molecule has 162 valence electrons. The van der Waals surface area contributed by atoms with Crippen molar-refractivity contribution < 1.29 is 14.3 Å². The second-order valence-electron chi connectivity index (χ2n) is 7.29. The van der Waals surface area contributed by atoms with Gasteiger partial charge in [0, 0.05) is 31.2 Å². The number of amides is 2. The number of carbonyl (C=O) groups is 2. The minimum absolute atomic E-state index is 0.237. The summed E-state index contributed by atoms with van der Waals surface area (Å²) in [5, 5.41) is 9.42. The second kappa shape index (κ2) is 10.9. The maximum Gasteiger partial charge on any atom is 0.313 e. The van der Waals surface area contributed by atoms with Gasteiger partial charge in [0.05, 0.1) is 12.3 Å². The molecule has 1 aromatic heterocycles. The van der Waals surface area contributed by atoms with Crippen LogP contribution in [0, 0.1) is 0 Å². The zero-order chi connectivity index (χ0) is 22.1. The number of aromatic nitrogens is 2. The van der Waals surface area contributed by atoms with Crippen LogP contribution in [0.2, 0.25) is 0 Å². The van der Waals surface area contributed by atoms with Gasteiger partial charge >= 0.3 is 11.8 Å². The van der Waals surface area contributed by atoms with E-state index in [1.54, 1.807) is 35.1 Å². The highest BCUT2D eigenvalue weighted by Crippen LogP contribution is 2.16. The Morgan fingerprint density at radius 3 is 2.58 bits per heavy atom. The summed E-state index contributed by atoms with van der Waals surface area (Å²) in [7, 11) is 4.04. The molecule has 8 nitrogen and oxygen atoms in total. The van der Waals surface area contributed by atoms with E-state index in [1.165, 1.54) is 0 Å². The zero-order valence-electron chi connectivity index (χ0n) is 17.7. The first-order valence-electron chi connectivity index (χ1n) is 10.1. The third-order valence-corrected chi connectivity index (χ3v) is 4.47. The van der Waals surface area contributed by atoms with E-state index < -0.39 is 11.8 Å². The molecule has 1 heterocycles. The number of nitrogens with zero attached hydrogens (tertiary/aromatic N) is 3. The van der Waals surface area contributed by atoms with Gasteiger partial charge in [0.2, 0.25) is 0 Å². The lowest BCUT2D eigenvalue weighted by Crippen LogP contribution is -2.34. The minimum Gasteiger partial charge on any atom is -0.494 e. The summed E-state index contributed by atoms with van der Waals surface area (Å²) < 4.78 is 7.39. The van der Waals surface area contributed by atoms with E-state index in [4.69, 9.17) is 4.74 Å². The Kier molecular flexibility index (Phi) is 7.78. The predicted molar refractivity (Wildman–Crippen MR) is 119 cm³/mol. The van der Waals surface area contributed by atoms with Crippen LogP contribution in [0.4, 0.5) is 5.69 Å². The van der Waals surface area contributed by atoms with Crippen LogP contribution in [0.15, 0.2) is 67.0 Å². The zero-order valence-corrected chi connectivity index (χ0v) is 17.7. The molecule has 3 aromatic rings. The van der Waals surface area contributed by atoms with Gasteiger partial charge in [0.25, 0.3) is 0 Å². The molecule has 2 aromatic carbocycles. The second-order valence-corrected chi connectivity index (χ2v) is 7.29. The van der Waals surface area contributed by atoms with Crippen molar-refractivity contribution in [2.45, 2.75) is 13.0 Å². The fraction of sp³-hybridized carbons (Fsp3) is 0.261. The normalized spacial score (nSPS) is 10.7. The lowest BCUT2D eigenvalue weighted by Gasteiger charge is -2.11. The summed E-state index contributed by atoms with van der Waals surface area (Å²) in [4.78, 5) is 26.4. The van der Waals surface area contributed by atoms with E-state index in [0.717, 1.165) is 30.0 Å². The van der Waals surface area contributed by atoms with Gasteiger partial charge in [-0.25, -0.2) is 4.68 Å². The first-order valence-corrected chi connectivity index (χ1v) is 10.1. The summed E-state index contributed by atoms with van der Waals surface area (Å²) in [6.07, 6.45) is 4.46. The molecule has 0 fully saturated rings. The number of ether oxygens (including phenoxy) is 1. The third-order valence-electron chi connectivity index (χ3n) is 4.47. The number of hydrogen-bond donors (Lipinski definition) is 2. The molecule has 3 rings (SSSR count). The average Bonchev–Trinajstić information content (AvgIpc) is 3.31. The Hall–Kier alpha value is -3.65. The monoisotopic (exact) mass is 421 g/mol. The summed E-state index contributed by atoms with van der Waals surface area (Å²) in [6, 6.07) is 16.4. The quantitative estimate of drug-likeness (QED) is 0.409. The highest BCUT2D eigenvalue weighted by molar-refractivity contribution is 6.39. The number of benzene rings is 2. The Bertz CT molecular complexity index is 985. The first-order chi connectivity index (χ1) is 15.0. The Balaban J connectivity index is 1.45. The molecule has 0 aliphatic rings. The molecule has 0 saturated carbocycles. The molecule has 0 bridgehead atoms. The van der Waals surface area contributed by atoms with Crippen LogP contribution in [0.3, 0.4) is 0 Å². The summed E-state index contributed by atoms with van der Waals surface area (Å²) in [5.74, 6) is -0.699. The summed E-state index contributed by atoms with van der Waals surface area (Å²) >= 11 is 0. The topological polar surface area (TPSA) is 88.5 Å². The Morgan fingerprint density at radius 1 is 1.06 bits per heavy atom. The van der Waals surface area contributed by atoms with Gasteiger partial charge < -0.3 is 20.3 Å². The van der Waals surface area contributed by atoms with Gasteiger partial charge in [-0.15, -0.1) is 0 Å². The van der Waals surface area contributed by atoms with Crippen molar-refractivity contribution in [1.82, 2.24) is 20.0 Å². The molecule has 0 atom stereocenters. The standard InChI is InChI=1S/C23H27N5O3/c1-27(2)13-5-15-31-21-10-8-19(9-11-21)26-23(30)22(29)24-17-18-6-3-7-20(16-18)28-14-4-12-25-28/h3-4,6-12,14,16H,5,13,15,17H2,1-2H3,(H,24,29)(H,26,30). The lowest BCUT2D eigenvalue weighted by atomic mass is 10.2. The van der Waals surface area contributed by atoms with Gasteiger partial charge in [0.15, 0.2) is 0 Å². The van der Waals surface area contributed by atoms with E-state index in [2.05, 4.69) is 20.6 Å². The van der Waals surface area contributed by atoms with E-state index in [9.17, 15) is 9.59 Å². The van der Waals surface area contributed by atoms with Gasteiger partial charge in [-0.3, -0.25) is 9.59 Å². The van der Waals surface area contributed by atoms with E-state index >= 15 is 0 Å². The molecule has 0 aliphatic carbocycles. The van der Waals surface area contributed by atoms with Crippen molar-refractivity contribution in [3.63, 3.8) is 0 Å². The van der Waals surface area contributed by atoms with Crippen LogP contribution in [-0.4, -0.2) is 53.7 Å². The highest BCUT2D eigenvalue weighted by Gasteiger charge is 2.13. The van der Waals surface area contributed by atoms with Crippen molar-refractivity contribution in [2.24, 2.45) is 0 Å². The summed E-state index contributed by atoms with van der Waals surface area (Å²) in [6.45, 7) is 1.81. The van der Waals surface area contributed by atoms with E-state index in [1.807, 2.05) is 50.6 Å². The third kappa shape index (κ3) is 6.97. The molecule has 0 spiro atoms. The SMILES string of the molecule is CN(C)CCCOc1ccc(NC(=O)C(=O)NCc2cccc(-n3cccn3)c2)cc1. The van der Waals surface area contributed by atoms with Gasteiger partial charge in [-0.05, 0) is 68.5 Å². The fourth-order valence-electron chi connectivity index (χ4n) is 2.89. The molecule has 2 N–H and O–H groups in total. The van der Waals surface area contributed by atoms with Gasteiger partial charge in [-0.1, -0.05) is 12.1 Å². The Labute approximate surface area is 181 Å². The smallest absolute Gasteiger partial charge is 0.313 e. The molecular formula is C23H27N5O3. The molecule has 0 unspecified atom stereocenters. The van der Waals surface area contributed by atoms with Gasteiger partial charge in [0.1, 0.15) is 5.75 Å². The number of carbonyl (C=O) groups excluding carboxylic acids is 2. The number of nitrogens with one attached hydrogen (secondary N) is 2. The van der Waals surface area contributed by atoms with Crippen molar-refractivity contribution in [2.75, 3.05) is 32.6 Å². The predicted octanol–water partition coefficient (Wildman–Crippen LogP) is 2.46. The van der Waals surface area contributed by atoms with Crippen LogP contribution < -0.4 is 15.4 Å². The van der Waals surface area contributed by atoms with E-state index in [0.29, 0.717) is 12.3 Å². The van der Waals surface area contributed by atoms with Crippen LogP contribution in [0.5, 0.6) is 5.75 Å². The maximum absolute atomic E-state index is 12.2. The maximum atomic E-state index is 12.2. The van der Waals surface area contributed by atoms with Crippen LogP contribution in [0.25, 0.3) is 5.69 Å². The van der Waals surface area contributed by atoms with E-state index in [-0.39, 0.29) is 6.54 Å². The molecule has 31 heavy (non-hydrogen) atoms. The summed E-state index contributed by atoms with van der Waals surface area (Å²) in [5.41, 5.74) is 2.27. The lowest BCUT2D eigenvalue weighted by molar-refractivity contribution is -0.136. The van der Waals surface area contributed by atoms with Crippen molar-refractivity contribution in [1.29, 1.82) is 0 Å². The van der Waals surface area contributed by atoms with Crippen LogP contribution >= 0.6 is 0 Å². The van der Waals surface area contributed by atoms with Gasteiger partial charge in [-0.2, -0.15) is 5.10 Å². The molecular weight excluding hydrogens is 394 g/mol. The van der Waals surface area contributed by atoms with Crippen molar-refractivity contribution in [3.8, 4) is 11.4 Å². The Morgan fingerprint density at radius 2 is 1.87 bits per heavy atom. The fourth-order valence-corrected chi connectivity index (χ4v) is 2.89. The number of anilines is 1. The molecule has 0 saturated heterocycles. The van der Waals surface area contributed by atoms with Crippen LogP contribution in [-0.2, 0) is 16.1 Å². The molecule has 0 aliphatic heterocycles. The van der Waals surface area contributed by atoms with Crippen molar-refractivity contribution in [3.05, 3.63) is 72.6 Å². The highest BCUT2D eigenvalue weighted by atomic mass is 16.5. The van der Waals surface area contributed by atoms with Crippen molar-refractivity contribution >= 4 is 17.5 Å². The average molecular weight is 422 g/mol. The molecule has 0 radical (unpaired) electrons.